The Labute approximate surface area is 176 Å². The molecule has 2 saturated heterocycles. The summed E-state index contributed by atoms with van der Waals surface area (Å²) in [7, 11) is -3.51. The second-order valence-electron chi connectivity index (χ2n) is 7.98. The van der Waals surface area contributed by atoms with Crippen LogP contribution >= 0.6 is 0 Å². The van der Waals surface area contributed by atoms with Gasteiger partial charge in [0, 0.05) is 43.4 Å². The molecular weight excluding hydrogens is 410 g/mol. The SMILES string of the molecule is O=S(=O)(CC1CCCCO1)N1CC(Nc2ccc(F)c(F)c2)C(c2ccccc2)C1. The highest BCUT2D eigenvalue weighted by Crippen LogP contribution is 2.32. The fourth-order valence-corrected chi connectivity index (χ4v) is 5.98. The van der Waals surface area contributed by atoms with Gasteiger partial charge in [-0.1, -0.05) is 30.3 Å². The van der Waals surface area contributed by atoms with Gasteiger partial charge < -0.3 is 10.1 Å². The summed E-state index contributed by atoms with van der Waals surface area (Å²) < 4.78 is 60.3. The monoisotopic (exact) mass is 436 g/mol. The summed E-state index contributed by atoms with van der Waals surface area (Å²) in [5.74, 6) is -1.98. The van der Waals surface area contributed by atoms with Crippen molar-refractivity contribution in [3.05, 3.63) is 65.7 Å². The summed E-state index contributed by atoms with van der Waals surface area (Å²) in [5, 5.41) is 3.22. The van der Waals surface area contributed by atoms with E-state index < -0.39 is 21.7 Å². The Hall–Kier alpha value is -2.03. The zero-order chi connectivity index (χ0) is 21.1. The number of hydrogen-bond acceptors (Lipinski definition) is 4. The minimum Gasteiger partial charge on any atom is -0.380 e. The van der Waals surface area contributed by atoms with Crippen molar-refractivity contribution >= 4 is 15.7 Å². The Morgan fingerprint density at radius 3 is 2.53 bits per heavy atom. The minimum absolute atomic E-state index is 0.0214. The van der Waals surface area contributed by atoms with Gasteiger partial charge in [0.15, 0.2) is 11.6 Å². The number of hydrogen-bond donors (Lipinski definition) is 1. The van der Waals surface area contributed by atoms with Crippen LogP contribution in [0.15, 0.2) is 48.5 Å². The zero-order valence-electron chi connectivity index (χ0n) is 16.6. The Bertz CT molecular complexity index is 966. The Morgan fingerprint density at radius 1 is 1.03 bits per heavy atom. The fourth-order valence-electron chi connectivity index (χ4n) is 4.26. The average Bonchev–Trinajstić information content (AvgIpc) is 3.17. The number of halogens is 2. The van der Waals surface area contributed by atoms with Crippen molar-refractivity contribution in [2.24, 2.45) is 0 Å². The molecule has 8 heteroatoms. The van der Waals surface area contributed by atoms with Crippen LogP contribution < -0.4 is 5.32 Å². The molecule has 3 atom stereocenters. The predicted octanol–water partition coefficient (Wildman–Crippen LogP) is 3.74. The molecule has 2 aromatic rings. The van der Waals surface area contributed by atoms with Gasteiger partial charge in [-0.05, 0) is 37.0 Å². The van der Waals surface area contributed by atoms with E-state index in [1.54, 1.807) is 0 Å². The molecule has 1 N–H and O–H groups in total. The molecule has 0 aromatic heterocycles. The summed E-state index contributed by atoms with van der Waals surface area (Å²) in [6.45, 7) is 1.20. The predicted molar refractivity (Wildman–Crippen MR) is 112 cm³/mol. The van der Waals surface area contributed by atoms with E-state index in [9.17, 15) is 17.2 Å². The molecule has 30 heavy (non-hydrogen) atoms. The van der Waals surface area contributed by atoms with Crippen molar-refractivity contribution < 1.29 is 21.9 Å². The lowest BCUT2D eigenvalue weighted by Gasteiger charge is -2.25. The first-order valence-electron chi connectivity index (χ1n) is 10.3. The van der Waals surface area contributed by atoms with Crippen LogP contribution in [0.25, 0.3) is 0 Å². The molecule has 2 aliphatic rings. The lowest BCUT2D eigenvalue weighted by atomic mass is 9.94. The molecule has 2 aliphatic heterocycles. The Morgan fingerprint density at radius 2 is 1.83 bits per heavy atom. The molecule has 0 spiro atoms. The highest BCUT2D eigenvalue weighted by Gasteiger charge is 2.40. The molecule has 2 aromatic carbocycles. The lowest BCUT2D eigenvalue weighted by molar-refractivity contribution is 0.0299. The van der Waals surface area contributed by atoms with Crippen molar-refractivity contribution in [3.63, 3.8) is 0 Å². The number of rotatable bonds is 6. The fraction of sp³-hybridized carbons (Fsp3) is 0.455. The maximum Gasteiger partial charge on any atom is 0.216 e. The molecule has 162 valence electrons. The highest BCUT2D eigenvalue weighted by molar-refractivity contribution is 7.89. The van der Waals surface area contributed by atoms with Gasteiger partial charge >= 0.3 is 0 Å². The van der Waals surface area contributed by atoms with E-state index in [4.69, 9.17) is 4.74 Å². The lowest BCUT2D eigenvalue weighted by Crippen LogP contribution is -2.38. The normalized spacial score (nSPS) is 25.3. The van der Waals surface area contributed by atoms with E-state index in [1.807, 2.05) is 30.3 Å². The van der Waals surface area contributed by atoms with E-state index in [2.05, 4.69) is 5.32 Å². The number of benzene rings is 2. The summed E-state index contributed by atoms with van der Waals surface area (Å²) in [4.78, 5) is 0. The Balaban J connectivity index is 1.54. The van der Waals surface area contributed by atoms with E-state index in [0.29, 0.717) is 18.8 Å². The number of sulfonamides is 1. The second kappa shape index (κ2) is 8.99. The maximum atomic E-state index is 13.7. The van der Waals surface area contributed by atoms with Crippen molar-refractivity contribution in [3.8, 4) is 0 Å². The Kier molecular flexibility index (Phi) is 6.36. The standard InChI is InChI=1S/C22H26F2N2O3S/c23-20-10-9-17(12-21(20)24)25-22-14-26(13-19(22)16-6-2-1-3-7-16)30(27,28)15-18-8-4-5-11-29-18/h1-3,6-7,9-10,12,18-19,22,25H,4-5,8,11,13-15H2. The molecule has 0 bridgehead atoms. The summed E-state index contributed by atoms with van der Waals surface area (Å²) in [6.07, 6.45) is 2.44. The maximum absolute atomic E-state index is 13.7. The van der Waals surface area contributed by atoms with Gasteiger partial charge in [0.2, 0.25) is 10.0 Å². The zero-order valence-corrected chi connectivity index (χ0v) is 17.5. The number of ether oxygens (including phenoxy) is 1. The molecule has 5 nitrogen and oxygen atoms in total. The van der Waals surface area contributed by atoms with Gasteiger partial charge in [-0.25, -0.2) is 17.2 Å². The van der Waals surface area contributed by atoms with Crippen molar-refractivity contribution in [1.29, 1.82) is 0 Å². The second-order valence-corrected chi connectivity index (χ2v) is 9.99. The average molecular weight is 437 g/mol. The van der Waals surface area contributed by atoms with Gasteiger partial charge in [0.1, 0.15) is 0 Å². The highest BCUT2D eigenvalue weighted by atomic mass is 32.2. The molecule has 0 amide bonds. The van der Waals surface area contributed by atoms with Crippen molar-refractivity contribution in [2.45, 2.75) is 37.3 Å². The van der Waals surface area contributed by atoms with E-state index in [-0.39, 0.29) is 30.4 Å². The largest absolute Gasteiger partial charge is 0.380 e. The minimum atomic E-state index is -3.51. The van der Waals surface area contributed by atoms with Gasteiger partial charge in [-0.15, -0.1) is 0 Å². The third kappa shape index (κ3) is 4.82. The van der Waals surface area contributed by atoms with E-state index in [1.165, 1.54) is 10.4 Å². The number of nitrogens with zero attached hydrogens (tertiary/aromatic N) is 1. The van der Waals surface area contributed by atoms with Gasteiger partial charge in [-0.2, -0.15) is 4.31 Å². The molecule has 4 rings (SSSR count). The molecule has 2 fully saturated rings. The van der Waals surface area contributed by atoms with E-state index in [0.717, 1.165) is 37.0 Å². The third-order valence-electron chi connectivity index (χ3n) is 5.85. The molecule has 3 unspecified atom stereocenters. The molecular formula is C22H26F2N2O3S. The molecule has 0 aliphatic carbocycles. The quantitative estimate of drug-likeness (QED) is 0.750. The number of anilines is 1. The molecule has 0 radical (unpaired) electrons. The van der Waals surface area contributed by atoms with Crippen LogP contribution in [0.1, 0.15) is 30.7 Å². The summed E-state index contributed by atoms with van der Waals surface area (Å²) in [6, 6.07) is 13.0. The molecule has 0 saturated carbocycles. The first-order chi connectivity index (χ1) is 14.4. The summed E-state index contributed by atoms with van der Waals surface area (Å²) >= 11 is 0. The van der Waals surface area contributed by atoms with Crippen molar-refractivity contribution in [1.82, 2.24) is 4.31 Å². The third-order valence-corrected chi connectivity index (χ3v) is 7.73. The van der Waals surface area contributed by atoms with Gasteiger partial charge in [0.05, 0.1) is 11.9 Å². The van der Waals surface area contributed by atoms with Crippen LogP contribution in [0, 0.1) is 11.6 Å². The van der Waals surface area contributed by atoms with E-state index >= 15 is 0 Å². The van der Waals surface area contributed by atoms with Crippen molar-refractivity contribution in [2.75, 3.05) is 30.8 Å². The van der Waals surface area contributed by atoms with Crippen LogP contribution in [0.3, 0.4) is 0 Å². The van der Waals surface area contributed by atoms with Crippen LogP contribution in [0.5, 0.6) is 0 Å². The smallest absolute Gasteiger partial charge is 0.216 e. The van der Waals surface area contributed by atoms with Crippen LogP contribution in [-0.2, 0) is 14.8 Å². The van der Waals surface area contributed by atoms with Crippen LogP contribution in [-0.4, -0.2) is 50.3 Å². The van der Waals surface area contributed by atoms with Crippen LogP contribution in [0.4, 0.5) is 14.5 Å². The van der Waals surface area contributed by atoms with Gasteiger partial charge in [-0.3, -0.25) is 0 Å². The topological polar surface area (TPSA) is 58.6 Å². The first-order valence-corrected chi connectivity index (χ1v) is 11.9. The first kappa shape index (κ1) is 21.2. The molecule has 2 heterocycles. The summed E-state index contributed by atoms with van der Waals surface area (Å²) in [5.41, 5.74) is 1.43. The number of nitrogens with one attached hydrogen (secondary N) is 1. The van der Waals surface area contributed by atoms with Crippen LogP contribution in [0.2, 0.25) is 0 Å². The van der Waals surface area contributed by atoms with Gasteiger partial charge in [0.25, 0.3) is 0 Å².